The van der Waals surface area contributed by atoms with E-state index in [2.05, 4.69) is 20.8 Å². The van der Waals surface area contributed by atoms with E-state index in [1.807, 2.05) is 0 Å². The molecule has 0 fully saturated rings. The molecule has 1 atom stereocenters. The molecule has 0 heterocycles. The van der Waals surface area contributed by atoms with Crippen LogP contribution in [0.5, 0.6) is 0 Å². The quantitative estimate of drug-likeness (QED) is 0.160. The van der Waals surface area contributed by atoms with Crippen LogP contribution in [0.25, 0.3) is 0 Å². The number of esters is 1. The van der Waals surface area contributed by atoms with Gasteiger partial charge in [0.15, 0.2) is 0 Å². The molecule has 0 aromatic carbocycles. The van der Waals surface area contributed by atoms with Gasteiger partial charge in [0, 0.05) is 0 Å². The zero-order valence-electron chi connectivity index (χ0n) is 18.3. The summed E-state index contributed by atoms with van der Waals surface area (Å²) >= 11 is 0. The second kappa shape index (κ2) is 20.8. The lowest BCUT2D eigenvalue weighted by molar-refractivity contribution is -0.149. The monoisotopic (exact) mass is 368 g/mol. The molecular formula is C24H48O2. The van der Waals surface area contributed by atoms with E-state index in [0.29, 0.717) is 6.61 Å². The van der Waals surface area contributed by atoms with Crippen LogP contribution < -0.4 is 0 Å². The molecule has 0 saturated heterocycles. The molecule has 26 heavy (non-hydrogen) atoms. The maximum absolute atomic E-state index is 12.5. The summed E-state index contributed by atoms with van der Waals surface area (Å²) in [6.07, 6.45) is 22.3. The highest BCUT2D eigenvalue weighted by Crippen LogP contribution is 2.20. The molecule has 0 aliphatic rings. The summed E-state index contributed by atoms with van der Waals surface area (Å²) in [5.41, 5.74) is 0. The van der Waals surface area contributed by atoms with Crippen molar-refractivity contribution in [2.75, 3.05) is 6.61 Å². The lowest BCUT2D eigenvalue weighted by Gasteiger charge is -2.16. The van der Waals surface area contributed by atoms with Crippen LogP contribution in [0.15, 0.2) is 0 Å². The lowest BCUT2D eigenvalue weighted by Crippen LogP contribution is -2.18. The van der Waals surface area contributed by atoms with Gasteiger partial charge in [-0.05, 0) is 19.3 Å². The van der Waals surface area contributed by atoms with E-state index in [1.54, 1.807) is 0 Å². The van der Waals surface area contributed by atoms with Gasteiger partial charge in [-0.15, -0.1) is 0 Å². The Bertz CT molecular complexity index is 288. The van der Waals surface area contributed by atoms with E-state index in [1.165, 1.54) is 96.3 Å². The molecule has 2 heteroatoms. The van der Waals surface area contributed by atoms with E-state index in [-0.39, 0.29) is 11.9 Å². The minimum absolute atomic E-state index is 0.0839. The van der Waals surface area contributed by atoms with Gasteiger partial charge in [0.05, 0.1) is 12.5 Å². The van der Waals surface area contributed by atoms with Gasteiger partial charge >= 0.3 is 5.97 Å². The van der Waals surface area contributed by atoms with Gasteiger partial charge in [-0.2, -0.15) is 0 Å². The number of hydrogen-bond acceptors (Lipinski definition) is 2. The van der Waals surface area contributed by atoms with Gasteiger partial charge in [-0.3, -0.25) is 4.79 Å². The molecule has 0 aromatic heterocycles. The van der Waals surface area contributed by atoms with Crippen LogP contribution in [0.3, 0.4) is 0 Å². The lowest BCUT2D eigenvalue weighted by atomic mass is 9.94. The van der Waals surface area contributed by atoms with Crippen molar-refractivity contribution in [3.05, 3.63) is 0 Å². The fourth-order valence-electron chi connectivity index (χ4n) is 3.54. The Kier molecular flexibility index (Phi) is 20.4. The first-order chi connectivity index (χ1) is 12.8. The first-order valence-corrected chi connectivity index (χ1v) is 11.9. The van der Waals surface area contributed by atoms with Crippen molar-refractivity contribution in [2.45, 2.75) is 136 Å². The zero-order chi connectivity index (χ0) is 19.3. The third-order valence-electron chi connectivity index (χ3n) is 5.39. The van der Waals surface area contributed by atoms with Crippen molar-refractivity contribution < 1.29 is 9.53 Å². The molecule has 0 amide bonds. The van der Waals surface area contributed by atoms with Crippen LogP contribution in [-0.4, -0.2) is 12.6 Å². The minimum atomic E-state index is 0.0839. The molecular weight excluding hydrogens is 320 g/mol. The first kappa shape index (κ1) is 25.5. The van der Waals surface area contributed by atoms with Crippen molar-refractivity contribution in [1.29, 1.82) is 0 Å². The Morgan fingerprint density at radius 1 is 0.577 bits per heavy atom. The Balaban J connectivity index is 3.87. The maximum Gasteiger partial charge on any atom is 0.308 e. The summed E-state index contributed by atoms with van der Waals surface area (Å²) in [4.78, 5) is 12.5. The molecule has 2 nitrogen and oxygen atoms in total. The average molecular weight is 369 g/mol. The van der Waals surface area contributed by atoms with Gasteiger partial charge in [0.1, 0.15) is 0 Å². The molecule has 0 N–H and O–H groups in total. The van der Waals surface area contributed by atoms with Crippen LogP contribution in [0, 0.1) is 5.92 Å². The smallest absolute Gasteiger partial charge is 0.308 e. The minimum Gasteiger partial charge on any atom is -0.465 e. The Morgan fingerprint density at radius 3 is 1.50 bits per heavy atom. The molecule has 0 aliphatic carbocycles. The molecule has 0 radical (unpaired) electrons. The highest BCUT2D eigenvalue weighted by molar-refractivity contribution is 5.72. The number of ether oxygens (including phenoxy) is 1. The molecule has 0 rings (SSSR count). The van der Waals surface area contributed by atoms with Crippen LogP contribution in [0.2, 0.25) is 0 Å². The van der Waals surface area contributed by atoms with Crippen LogP contribution in [0.1, 0.15) is 136 Å². The van der Waals surface area contributed by atoms with E-state index in [4.69, 9.17) is 4.74 Å². The zero-order valence-corrected chi connectivity index (χ0v) is 18.3. The Morgan fingerprint density at radius 2 is 0.962 bits per heavy atom. The summed E-state index contributed by atoms with van der Waals surface area (Å²) in [5.74, 6) is 0.234. The van der Waals surface area contributed by atoms with E-state index >= 15 is 0 Å². The first-order valence-electron chi connectivity index (χ1n) is 11.9. The summed E-state index contributed by atoms with van der Waals surface area (Å²) < 4.78 is 5.62. The second-order valence-electron chi connectivity index (χ2n) is 8.04. The van der Waals surface area contributed by atoms with Crippen molar-refractivity contribution in [2.24, 2.45) is 5.92 Å². The van der Waals surface area contributed by atoms with E-state index in [0.717, 1.165) is 19.3 Å². The van der Waals surface area contributed by atoms with E-state index in [9.17, 15) is 4.79 Å². The Hall–Kier alpha value is -0.530. The number of hydrogen-bond donors (Lipinski definition) is 0. The molecule has 0 aliphatic heterocycles. The van der Waals surface area contributed by atoms with Crippen molar-refractivity contribution >= 4 is 5.97 Å². The van der Waals surface area contributed by atoms with Crippen molar-refractivity contribution in [1.82, 2.24) is 0 Å². The molecule has 1 unspecified atom stereocenters. The SMILES string of the molecule is CCCCCCCCCOC(=O)C(CCCCC)CCCCCCCC. The number of unbranched alkanes of at least 4 members (excludes halogenated alkanes) is 13. The fraction of sp³-hybridized carbons (Fsp3) is 0.958. The van der Waals surface area contributed by atoms with Crippen LogP contribution >= 0.6 is 0 Å². The topological polar surface area (TPSA) is 26.3 Å². The van der Waals surface area contributed by atoms with Gasteiger partial charge in [-0.1, -0.05) is 117 Å². The average Bonchev–Trinajstić information content (AvgIpc) is 2.65. The fourth-order valence-corrected chi connectivity index (χ4v) is 3.54. The van der Waals surface area contributed by atoms with Crippen LogP contribution in [-0.2, 0) is 9.53 Å². The Labute approximate surface area is 164 Å². The highest BCUT2D eigenvalue weighted by Gasteiger charge is 2.19. The predicted octanol–water partition coefficient (Wildman–Crippen LogP) is 8.23. The van der Waals surface area contributed by atoms with Crippen molar-refractivity contribution in [3.63, 3.8) is 0 Å². The molecule has 156 valence electrons. The van der Waals surface area contributed by atoms with Gasteiger partial charge in [0.2, 0.25) is 0 Å². The molecule has 0 saturated carbocycles. The highest BCUT2D eigenvalue weighted by atomic mass is 16.5. The second-order valence-corrected chi connectivity index (χ2v) is 8.04. The van der Waals surface area contributed by atoms with Gasteiger partial charge in [0.25, 0.3) is 0 Å². The van der Waals surface area contributed by atoms with Gasteiger partial charge in [-0.25, -0.2) is 0 Å². The summed E-state index contributed by atoms with van der Waals surface area (Å²) in [7, 11) is 0. The van der Waals surface area contributed by atoms with Gasteiger partial charge < -0.3 is 4.74 Å². The van der Waals surface area contributed by atoms with Crippen LogP contribution in [0.4, 0.5) is 0 Å². The number of carbonyl (C=O) groups excluding carboxylic acids is 1. The molecule has 0 bridgehead atoms. The summed E-state index contributed by atoms with van der Waals surface area (Å²) in [6, 6.07) is 0. The number of rotatable bonds is 20. The van der Waals surface area contributed by atoms with Crippen molar-refractivity contribution in [3.8, 4) is 0 Å². The normalized spacial score (nSPS) is 12.3. The third kappa shape index (κ3) is 16.9. The third-order valence-corrected chi connectivity index (χ3v) is 5.39. The number of carbonyl (C=O) groups is 1. The standard InChI is InChI=1S/C24H48O2/c1-4-7-10-12-14-16-19-22-26-24(25)23(20-17-9-6-3)21-18-15-13-11-8-5-2/h23H,4-22H2,1-3H3. The molecule has 0 aromatic rings. The summed E-state index contributed by atoms with van der Waals surface area (Å²) in [5, 5.41) is 0. The largest absolute Gasteiger partial charge is 0.465 e. The van der Waals surface area contributed by atoms with E-state index < -0.39 is 0 Å². The molecule has 0 spiro atoms. The maximum atomic E-state index is 12.5. The summed E-state index contributed by atoms with van der Waals surface area (Å²) in [6.45, 7) is 7.36. The predicted molar refractivity (Wildman–Crippen MR) is 115 cm³/mol.